The van der Waals surface area contributed by atoms with Gasteiger partial charge in [-0.15, -0.1) is 0 Å². The van der Waals surface area contributed by atoms with Gasteiger partial charge in [-0.25, -0.2) is 0 Å². The molecule has 2 saturated heterocycles. The van der Waals surface area contributed by atoms with Crippen LogP contribution in [-0.2, 0) is 10.2 Å². The van der Waals surface area contributed by atoms with Crippen LogP contribution in [0.2, 0.25) is 0 Å². The number of fused-ring (bicyclic) bond motifs is 2. The van der Waals surface area contributed by atoms with Gasteiger partial charge in [0.25, 0.3) is 0 Å². The molecule has 2 aliphatic heterocycles. The van der Waals surface area contributed by atoms with Gasteiger partial charge < -0.3 is 15.0 Å². The van der Waals surface area contributed by atoms with Gasteiger partial charge in [0, 0.05) is 6.54 Å². The van der Waals surface area contributed by atoms with Gasteiger partial charge in [0.1, 0.15) is 0 Å². The van der Waals surface area contributed by atoms with Crippen LogP contribution in [0.1, 0.15) is 57.2 Å². The first-order valence-corrected chi connectivity index (χ1v) is 6.86. The van der Waals surface area contributed by atoms with E-state index in [1.165, 1.54) is 6.42 Å². The standard InChI is InChI=1S/C13H21N3O2/c1-3-13(2,7-14)12-15-11(16-18-12)9-6-8-4-5-10(9)17-8/h8-10H,3-7,14H2,1-2H3. The number of nitrogens with two attached hydrogens (primary N) is 1. The molecule has 0 aliphatic carbocycles. The first-order chi connectivity index (χ1) is 8.66. The minimum atomic E-state index is -0.205. The first-order valence-electron chi connectivity index (χ1n) is 6.86. The zero-order chi connectivity index (χ0) is 12.8. The van der Waals surface area contributed by atoms with Gasteiger partial charge in [-0.05, 0) is 32.6 Å². The third-order valence-corrected chi connectivity index (χ3v) is 4.63. The molecule has 5 heteroatoms. The predicted octanol–water partition coefficient (Wildman–Crippen LogP) is 1.73. The van der Waals surface area contributed by atoms with E-state index in [0.29, 0.717) is 30.6 Å². The number of rotatable bonds is 4. The maximum atomic E-state index is 5.84. The van der Waals surface area contributed by atoms with Crippen LogP contribution in [0.3, 0.4) is 0 Å². The molecular weight excluding hydrogens is 230 g/mol. The first kappa shape index (κ1) is 12.1. The second-order valence-electron chi connectivity index (χ2n) is 5.79. The summed E-state index contributed by atoms with van der Waals surface area (Å²) in [7, 11) is 0. The minimum absolute atomic E-state index is 0.205. The van der Waals surface area contributed by atoms with Crippen molar-refractivity contribution in [1.82, 2.24) is 10.1 Å². The van der Waals surface area contributed by atoms with E-state index >= 15 is 0 Å². The van der Waals surface area contributed by atoms with E-state index in [9.17, 15) is 0 Å². The molecule has 2 fully saturated rings. The lowest BCUT2D eigenvalue weighted by Crippen LogP contribution is -2.31. The summed E-state index contributed by atoms with van der Waals surface area (Å²) in [5.41, 5.74) is 5.62. The van der Waals surface area contributed by atoms with Crippen molar-refractivity contribution in [2.45, 2.75) is 63.1 Å². The highest BCUT2D eigenvalue weighted by molar-refractivity contribution is 5.10. The van der Waals surface area contributed by atoms with E-state index in [0.717, 1.165) is 25.1 Å². The topological polar surface area (TPSA) is 74.2 Å². The SMILES string of the molecule is CCC(C)(CN)c1nc(C2CC3CCC2O3)no1. The second-order valence-corrected chi connectivity index (χ2v) is 5.79. The lowest BCUT2D eigenvalue weighted by molar-refractivity contribution is 0.0996. The van der Waals surface area contributed by atoms with Crippen molar-refractivity contribution >= 4 is 0 Å². The molecule has 5 nitrogen and oxygen atoms in total. The molecule has 18 heavy (non-hydrogen) atoms. The van der Waals surface area contributed by atoms with E-state index < -0.39 is 0 Å². The summed E-state index contributed by atoms with van der Waals surface area (Å²) in [5.74, 6) is 1.80. The summed E-state index contributed by atoms with van der Waals surface area (Å²) in [5, 5.41) is 4.16. The van der Waals surface area contributed by atoms with Crippen LogP contribution in [0.15, 0.2) is 4.52 Å². The summed E-state index contributed by atoms with van der Waals surface area (Å²) in [4.78, 5) is 4.59. The maximum absolute atomic E-state index is 5.84. The molecule has 0 radical (unpaired) electrons. The van der Waals surface area contributed by atoms with E-state index in [4.69, 9.17) is 15.0 Å². The van der Waals surface area contributed by atoms with Crippen LogP contribution in [-0.4, -0.2) is 28.9 Å². The molecule has 4 atom stereocenters. The maximum Gasteiger partial charge on any atom is 0.233 e. The van der Waals surface area contributed by atoms with Crippen LogP contribution >= 0.6 is 0 Å². The van der Waals surface area contributed by atoms with Crippen molar-refractivity contribution in [3.63, 3.8) is 0 Å². The van der Waals surface area contributed by atoms with Gasteiger partial charge in [-0.2, -0.15) is 4.98 Å². The molecule has 0 aromatic carbocycles. The fourth-order valence-electron chi connectivity index (χ4n) is 2.92. The van der Waals surface area contributed by atoms with Crippen molar-refractivity contribution in [3.8, 4) is 0 Å². The van der Waals surface area contributed by atoms with E-state index in [1.54, 1.807) is 0 Å². The smallest absolute Gasteiger partial charge is 0.233 e. The second kappa shape index (κ2) is 4.31. The lowest BCUT2D eigenvalue weighted by Gasteiger charge is -2.20. The molecule has 3 rings (SSSR count). The fraction of sp³-hybridized carbons (Fsp3) is 0.846. The molecule has 2 N–H and O–H groups in total. The quantitative estimate of drug-likeness (QED) is 0.882. The van der Waals surface area contributed by atoms with E-state index in [-0.39, 0.29) is 5.41 Å². The van der Waals surface area contributed by atoms with Crippen molar-refractivity contribution in [3.05, 3.63) is 11.7 Å². The van der Waals surface area contributed by atoms with Gasteiger partial charge in [-0.1, -0.05) is 12.1 Å². The molecule has 3 heterocycles. The van der Waals surface area contributed by atoms with Gasteiger partial charge in [-0.3, -0.25) is 0 Å². The average molecular weight is 251 g/mol. The third kappa shape index (κ3) is 1.77. The zero-order valence-corrected chi connectivity index (χ0v) is 11.1. The Labute approximate surface area is 107 Å². The van der Waals surface area contributed by atoms with Gasteiger partial charge in [0.2, 0.25) is 5.89 Å². The Kier molecular flexibility index (Phi) is 2.90. The minimum Gasteiger partial charge on any atom is -0.374 e. The van der Waals surface area contributed by atoms with Crippen molar-refractivity contribution in [2.24, 2.45) is 5.73 Å². The van der Waals surface area contributed by atoms with Crippen molar-refractivity contribution < 1.29 is 9.26 Å². The number of nitrogens with zero attached hydrogens (tertiary/aromatic N) is 2. The predicted molar refractivity (Wildman–Crippen MR) is 66.2 cm³/mol. The van der Waals surface area contributed by atoms with Crippen LogP contribution in [0.4, 0.5) is 0 Å². The summed E-state index contributed by atoms with van der Waals surface area (Å²) < 4.78 is 11.3. The highest BCUT2D eigenvalue weighted by Gasteiger charge is 2.44. The molecule has 2 aliphatic rings. The lowest BCUT2D eigenvalue weighted by atomic mass is 9.87. The van der Waals surface area contributed by atoms with Gasteiger partial charge >= 0.3 is 0 Å². The van der Waals surface area contributed by atoms with Crippen LogP contribution in [0.5, 0.6) is 0 Å². The number of hydrogen-bond donors (Lipinski definition) is 1. The molecule has 0 spiro atoms. The van der Waals surface area contributed by atoms with E-state index in [1.807, 2.05) is 0 Å². The molecule has 1 aromatic heterocycles. The summed E-state index contributed by atoms with van der Waals surface area (Å²) in [6.45, 7) is 4.69. The largest absolute Gasteiger partial charge is 0.374 e. The van der Waals surface area contributed by atoms with Crippen LogP contribution in [0.25, 0.3) is 0 Å². The summed E-state index contributed by atoms with van der Waals surface area (Å²) in [6.07, 6.45) is 4.95. The van der Waals surface area contributed by atoms with Crippen molar-refractivity contribution in [2.75, 3.05) is 6.54 Å². The fourth-order valence-corrected chi connectivity index (χ4v) is 2.92. The Bertz CT molecular complexity index is 428. The third-order valence-electron chi connectivity index (χ3n) is 4.63. The highest BCUT2D eigenvalue weighted by Crippen LogP contribution is 2.43. The highest BCUT2D eigenvalue weighted by atomic mass is 16.5. The Morgan fingerprint density at radius 3 is 2.83 bits per heavy atom. The normalized spacial score (nSPS) is 33.8. The number of hydrogen-bond acceptors (Lipinski definition) is 5. The Morgan fingerprint density at radius 1 is 1.44 bits per heavy atom. The molecular formula is C13H21N3O2. The van der Waals surface area contributed by atoms with Crippen molar-refractivity contribution in [1.29, 1.82) is 0 Å². The molecule has 0 saturated carbocycles. The molecule has 0 amide bonds. The van der Waals surface area contributed by atoms with Crippen LogP contribution < -0.4 is 5.73 Å². The average Bonchev–Trinajstić information content (AvgIpc) is 3.12. The van der Waals surface area contributed by atoms with Crippen LogP contribution in [0, 0.1) is 0 Å². The Balaban J connectivity index is 1.81. The Hall–Kier alpha value is -0.940. The zero-order valence-electron chi connectivity index (χ0n) is 11.1. The van der Waals surface area contributed by atoms with Gasteiger partial charge in [0.05, 0.1) is 23.5 Å². The number of aromatic nitrogens is 2. The monoisotopic (exact) mass is 251 g/mol. The van der Waals surface area contributed by atoms with E-state index in [2.05, 4.69) is 24.0 Å². The summed E-state index contributed by atoms with van der Waals surface area (Å²) >= 11 is 0. The molecule has 1 aromatic rings. The Morgan fingerprint density at radius 2 is 2.28 bits per heavy atom. The molecule has 2 bridgehead atoms. The van der Waals surface area contributed by atoms with Gasteiger partial charge in [0.15, 0.2) is 5.82 Å². The summed E-state index contributed by atoms with van der Waals surface area (Å²) in [6, 6.07) is 0. The number of ether oxygens (including phenoxy) is 1. The molecule has 4 unspecified atom stereocenters. The molecule has 100 valence electrons.